The van der Waals surface area contributed by atoms with Gasteiger partial charge in [-0.25, -0.2) is 9.48 Å². The van der Waals surface area contributed by atoms with E-state index in [4.69, 9.17) is 4.74 Å². The van der Waals surface area contributed by atoms with Gasteiger partial charge in [0.05, 0.1) is 6.04 Å². The molecule has 6 heteroatoms. The molecule has 0 amide bonds. The fourth-order valence-electron chi connectivity index (χ4n) is 2.56. The average Bonchev–Trinajstić information content (AvgIpc) is 2.62. The molecular weight excluding hydrogens is 318 g/mol. The van der Waals surface area contributed by atoms with Crippen LogP contribution in [0.3, 0.4) is 0 Å². The molecule has 25 heavy (non-hydrogen) atoms. The van der Waals surface area contributed by atoms with E-state index in [1.54, 1.807) is 0 Å². The lowest BCUT2D eigenvalue weighted by molar-refractivity contribution is 0.270. The minimum absolute atomic E-state index is 0.108. The summed E-state index contributed by atoms with van der Waals surface area (Å²) in [5.41, 5.74) is 0.838. The second-order valence-electron chi connectivity index (χ2n) is 5.82. The van der Waals surface area contributed by atoms with E-state index < -0.39 is 11.2 Å². The largest absolute Gasteiger partial charge is 0.468 e. The zero-order chi connectivity index (χ0) is 17.6. The number of hydrogen-bond donors (Lipinski definition) is 1. The lowest BCUT2D eigenvalue weighted by Gasteiger charge is -2.14. The predicted octanol–water partition coefficient (Wildman–Crippen LogP) is 2.31. The van der Waals surface area contributed by atoms with Gasteiger partial charge in [-0.2, -0.15) is 0 Å². The van der Waals surface area contributed by atoms with Crippen LogP contribution in [0.5, 0.6) is 5.88 Å². The highest BCUT2D eigenvalue weighted by Gasteiger charge is 2.14. The van der Waals surface area contributed by atoms with Crippen LogP contribution < -0.4 is 16.0 Å². The van der Waals surface area contributed by atoms with Crippen molar-refractivity contribution in [3.63, 3.8) is 0 Å². The van der Waals surface area contributed by atoms with E-state index in [1.165, 1.54) is 4.68 Å². The second kappa shape index (κ2) is 7.61. The molecule has 0 saturated heterocycles. The predicted molar refractivity (Wildman–Crippen MR) is 94.7 cm³/mol. The topological polar surface area (TPSA) is 77.0 Å². The number of aromatic amines is 1. The van der Waals surface area contributed by atoms with Crippen molar-refractivity contribution in [1.29, 1.82) is 0 Å². The van der Waals surface area contributed by atoms with Crippen LogP contribution in [0.4, 0.5) is 0 Å². The maximum Gasteiger partial charge on any atom is 0.345 e. The Balaban J connectivity index is 1.80. The van der Waals surface area contributed by atoms with E-state index in [2.05, 4.69) is 10.1 Å². The number of H-pyrrole nitrogens is 1. The molecular formula is C19H19N3O3. The van der Waals surface area contributed by atoms with Gasteiger partial charge in [0.2, 0.25) is 0 Å². The van der Waals surface area contributed by atoms with Crippen molar-refractivity contribution in [2.24, 2.45) is 0 Å². The first-order valence-electron chi connectivity index (χ1n) is 8.07. The van der Waals surface area contributed by atoms with Crippen molar-refractivity contribution >= 4 is 0 Å². The molecule has 0 aliphatic rings. The van der Waals surface area contributed by atoms with Crippen molar-refractivity contribution in [2.45, 2.75) is 26.0 Å². The zero-order valence-electron chi connectivity index (χ0n) is 13.9. The Morgan fingerprint density at radius 1 is 1.00 bits per heavy atom. The summed E-state index contributed by atoms with van der Waals surface area (Å²) in [6.07, 6.45) is 0.623. The molecule has 1 atom stereocenters. The third-order valence-electron chi connectivity index (χ3n) is 3.83. The van der Waals surface area contributed by atoms with Gasteiger partial charge in [-0.3, -0.25) is 9.78 Å². The quantitative estimate of drug-likeness (QED) is 0.749. The van der Waals surface area contributed by atoms with Gasteiger partial charge in [-0.1, -0.05) is 60.7 Å². The Morgan fingerprint density at radius 3 is 2.24 bits per heavy atom. The fourth-order valence-corrected chi connectivity index (χ4v) is 2.56. The van der Waals surface area contributed by atoms with Crippen LogP contribution in [-0.4, -0.2) is 14.8 Å². The zero-order valence-corrected chi connectivity index (χ0v) is 13.9. The Bertz CT molecular complexity index is 933. The number of rotatable bonds is 6. The molecule has 0 fully saturated rings. The monoisotopic (exact) mass is 337 g/mol. The van der Waals surface area contributed by atoms with Crippen molar-refractivity contribution in [3.05, 3.63) is 92.6 Å². The Morgan fingerprint density at radius 2 is 1.60 bits per heavy atom. The van der Waals surface area contributed by atoms with E-state index in [0.29, 0.717) is 6.42 Å². The summed E-state index contributed by atoms with van der Waals surface area (Å²) < 4.78 is 6.76. The molecule has 1 aromatic heterocycles. The van der Waals surface area contributed by atoms with E-state index in [9.17, 15) is 9.59 Å². The highest BCUT2D eigenvalue weighted by molar-refractivity contribution is 5.16. The molecule has 0 saturated carbocycles. The van der Waals surface area contributed by atoms with Gasteiger partial charge in [-0.15, -0.1) is 5.10 Å². The molecule has 0 aliphatic carbocycles. The number of ether oxygens (including phenoxy) is 1. The first-order chi connectivity index (χ1) is 12.1. The van der Waals surface area contributed by atoms with Crippen LogP contribution in [0.15, 0.2) is 70.3 Å². The number of nitrogens with one attached hydrogen (secondary N) is 1. The first-order valence-corrected chi connectivity index (χ1v) is 8.07. The molecule has 2 aromatic carbocycles. The molecule has 6 nitrogen and oxygen atoms in total. The van der Waals surface area contributed by atoms with E-state index >= 15 is 0 Å². The number of aromatic nitrogens is 3. The molecule has 1 unspecified atom stereocenters. The molecule has 3 aromatic rings. The molecule has 0 aliphatic heterocycles. The Labute approximate surface area is 144 Å². The Kier molecular flexibility index (Phi) is 5.09. The van der Waals surface area contributed by atoms with Crippen molar-refractivity contribution in [3.8, 4) is 5.88 Å². The van der Waals surface area contributed by atoms with Crippen LogP contribution in [0.2, 0.25) is 0 Å². The van der Waals surface area contributed by atoms with Gasteiger partial charge in [0, 0.05) is 0 Å². The van der Waals surface area contributed by atoms with Crippen LogP contribution in [-0.2, 0) is 13.0 Å². The number of nitrogens with zero attached hydrogens (tertiary/aromatic N) is 2. The summed E-state index contributed by atoms with van der Waals surface area (Å²) in [4.78, 5) is 26.3. The van der Waals surface area contributed by atoms with Crippen molar-refractivity contribution < 1.29 is 4.74 Å². The van der Waals surface area contributed by atoms with Gasteiger partial charge in [0.25, 0.3) is 5.88 Å². The van der Waals surface area contributed by atoms with Crippen LogP contribution in [0.25, 0.3) is 0 Å². The fraction of sp³-hybridized carbons (Fsp3) is 0.211. The summed E-state index contributed by atoms with van der Waals surface area (Å²) in [6, 6.07) is 19.0. The maximum absolute atomic E-state index is 12.1. The third-order valence-corrected chi connectivity index (χ3v) is 3.83. The molecule has 1 heterocycles. The van der Waals surface area contributed by atoms with Crippen LogP contribution in [0.1, 0.15) is 24.1 Å². The average molecular weight is 337 g/mol. The molecule has 0 radical (unpaired) electrons. The molecule has 3 rings (SSSR count). The van der Waals surface area contributed by atoms with Gasteiger partial charge in [0.1, 0.15) is 6.61 Å². The van der Waals surface area contributed by atoms with Gasteiger partial charge in [-0.05, 0) is 24.5 Å². The van der Waals surface area contributed by atoms with Gasteiger partial charge in [0.15, 0.2) is 0 Å². The SMILES string of the molecule is CC(Cc1ccccc1)n1nc(OCc2ccccc2)c(=O)[nH]c1=O. The second-order valence-corrected chi connectivity index (χ2v) is 5.82. The summed E-state index contributed by atoms with van der Waals surface area (Å²) in [5, 5.41) is 4.12. The highest BCUT2D eigenvalue weighted by atomic mass is 16.5. The lowest BCUT2D eigenvalue weighted by atomic mass is 10.1. The van der Waals surface area contributed by atoms with Crippen LogP contribution in [0, 0.1) is 0 Å². The van der Waals surface area contributed by atoms with Gasteiger partial charge >= 0.3 is 11.2 Å². The van der Waals surface area contributed by atoms with E-state index in [1.807, 2.05) is 67.6 Å². The summed E-state index contributed by atoms with van der Waals surface area (Å²) in [7, 11) is 0. The molecule has 0 spiro atoms. The highest BCUT2D eigenvalue weighted by Crippen LogP contribution is 2.11. The molecule has 1 N–H and O–H groups in total. The minimum atomic E-state index is -0.621. The lowest BCUT2D eigenvalue weighted by Crippen LogP contribution is -2.35. The number of benzene rings is 2. The summed E-state index contributed by atoms with van der Waals surface area (Å²) in [5.74, 6) is -0.108. The summed E-state index contributed by atoms with van der Waals surface area (Å²) in [6.45, 7) is 2.09. The molecule has 128 valence electrons. The third kappa shape index (κ3) is 4.23. The Hall–Kier alpha value is -3.15. The smallest absolute Gasteiger partial charge is 0.345 e. The van der Waals surface area contributed by atoms with Crippen molar-refractivity contribution in [1.82, 2.24) is 14.8 Å². The molecule has 0 bridgehead atoms. The maximum atomic E-state index is 12.1. The van der Waals surface area contributed by atoms with E-state index in [0.717, 1.165) is 11.1 Å². The van der Waals surface area contributed by atoms with Crippen LogP contribution >= 0.6 is 0 Å². The minimum Gasteiger partial charge on any atom is -0.468 e. The number of hydrogen-bond acceptors (Lipinski definition) is 4. The summed E-state index contributed by atoms with van der Waals surface area (Å²) >= 11 is 0. The van der Waals surface area contributed by atoms with Gasteiger partial charge < -0.3 is 4.74 Å². The van der Waals surface area contributed by atoms with Crippen molar-refractivity contribution in [2.75, 3.05) is 0 Å². The first kappa shape index (κ1) is 16.7. The van der Waals surface area contributed by atoms with E-state index in [-0.39, 0.29) is 18.5 Å². The normalized spacial score (nSPS) is 11.9. The standard InChI is InChI=1S/C19H19N3O3/c1-14(12-15-8-4-2-5-9-15)22-19(24)20-17(23)18(21-22)25-13-16-10-6-3-7-11-16/h2-11,14H,12-13H2,1H3,(H,20,23,24).